The summed E-state index contributed by atoms with van der Waals surface area (Å²) in [5, 5.41) is 0. The molecule has 2 aliphatic rings. The Kier molecular flexibility index (Phi) is 6.47. The molecular weight excluding hydrogens is 288 g/mol. The molecule has 1 aliphatic carbocycles. The zero-order chi connectivity index (χ0) is 15.3. The van der Waals surface area contributed by atoms with Crippen LogP contribution in [0.4, 0.5) is 0 Å². The monoisotopic (exact) mass is 318 g/mol. The highest BCUT2D eigenvalue weighted by molar-refractivity contribution is 7.89. The first-order valence-electron chi connectivity index (χ1n) is 8.27. The van der Waals surface area contributed by atoms with Gasteiger partial charge >= 0.3 is 0 Å². The summed E-state index contributed by atoms with van der Waals surface area (Å²) in [6, 6.07) is 1.05. The third-order valence-corrected chi connectivity index (χ3v) is 6.38. The Bertz CT molecular complexity index is 407. The largest absolute Gasteiger partial charge is 0.381 e. The number of likely N-dealkylation sites (tertiary alicyclic amines) is 1. The molecule has 0 spiro atoms. The van der Waals surface area contributed by atoms with E-state index in [9.17, 15) is 8.42 Å². The van der Waals surface area contributed by atoms with Crippen molar-refractivity contribution in [2.45, 2.75) is 70.1 Å². The normalized spacial score (nSPS) is 27.0. The number of hydrogen-bond donors (Lipinski definition) is 1. The van der Waals surface area contributed by atoms with Gasteiger partial charge in [-0.05, 0) is 39.2 Å². The van der Waals surface area contributed by atoms with E-state index in [0.717, 1.165) is 13.0 Å². The van der Waals surface area contributed by atoms with Gasteiger partial charge in [-0.2, -0.15) is 0 Å². The summed E-state index contributed by atoms with van der Waals surface area (Å²) in [5.41, 5.74) is 0. The van der Waals surface area contributed by atoms with Crippen molar-refractivity contribution in [2.75, 3.05) is 26.0 Å². The van der Waals surface area contributed by atoms with Crippen molar-refractivity contribution in [1.82, 2.24) is 9.62 Å². The van der Waals surface area contributed by atoms with Crippen LogP contribution in [0.15, 0.2) is 0 Å². The minimum atomic E-state index is -3.24. The Labute approximate surface area is 129 Å². The van der Waals surface area contributed by atoms with Gasteiger partial charge in [0.15, 0.2) is 0 Å². The summed E-state index contributed by atoms with van der Waals surface area (Å²) >= 11 is 0. The van der Waals surface area contributed by atoms with E-state index in [1.165, 1.54) is 38.5 Å². The molecule has 0 radical (unpaired) electrons. The molecule has 1 N–H and O–H groups in total. The summed E-state index contributed by atoms with van der Waals surface area (Å²) in [6.45, 7) is 3.46. The fourth-order valence-electron chi connectivity index (χ4n) is 3.63. The first-order valence-corrected chi connectivity index (χ1v) is 9.93. The van der Waals surface area contributed by atoms with E-state index >= 15 is 0 Å². The summed E-state index contributed by atoms with van der Waals surface area (Å²) < 4.78 is 31.9. The van der Waals surface area contributed by atoms with Gasteiger partial charge in [0.25, 0.3) is 0 Å². The van der Waals surface area contributed by atoms with Crippen LogP contribution in [0, 0.1) is 0 Å². The van der Waals surface area contributed by atoms with Crippen LogP contribution in [0.1, 0.15) is 51.9 Å². The highest BCUT2D eigenvalue weighted by Crippen LogP contribution is 2.28. The Balaban J connectivity index is 1.83. The molecule has 1 saturated carbocycles. The van der Waals surface area contributed by atoms with Crippen molar-refractivity contribution < 1.29 is 13.2 Å². The lowest BCUT2D eigenvalue weighted by Crippen LogP contribution is -2.46. The van der Waals surface area contributed by atoms with Gasteiger partial charge in [0.05, 0.1) is 11.9 Å². The molecule has 0 bridgehead atoms. The number of nitrogens with zero attached hydrogens (tertiary/aromatic N) is 1. The first kappa shape index (κ1) is 17.2. The Morgan fingerprint density at radius 1 is 1.19 bits per heavy atom. The Morgan fingerprint density at radius 3 is 2.57 bits per heavy atom. The predicted octanol–water partition coefficient (Wildman–Crippen LogP) is 1.74. The van der Waals surface area contributed by atoms with E-state index in [0.29, 0.717) is 18.6 Å². The lowest BCUT2D eigenvalue weighted by Gasteiger charge is -2.35. The minimum Gasteiger partial charge on any atom is -0.381 e. The quantitative estimate of drug-likeness (QED) is 0.777. The molecule has 124 valence electrons. The third kappa shape index (κ3) is 5.20. The van der Waals surface area contributed by atoms with E-state index in [-0.39, 0.29) is 11.9 Å². The van der Waals surface area contributed by atoms with E-state index in [1.807, 2.05) is 0 Å². The maximum atomic E-state index is 12.0. The second-order valence-corrected chi connectivity index (χ2v) is 8.35. The Morgan fingerprint density at radius 2 is 1.90 bits per heavy atom. The summed E-state index contributed by atoms with van der Waals surface area (Å²) in [5.74, 6) is 0.0413. The van der Waals surface area contributed by atoms with Crippen LogP contribution in [0.2, 0.25) is 0 Å². The van der Waals surface area contributed by atoms with Crippen LogP contribution in [0.5, 0.6) is 0 Å². The van der Waals surface area contributed by atoms with E-state index < -0.39 is 10.0 Å². The molecule has 0 aromatic heterocycles. The molecule has 1 saturated heterocycles. The van der Waals surface area contributed by atoms with Crippen molar-refractivity contribution in [1.29, 1.82) is 0 Å². The molecule has 6 heteroatoms. The van der Waals surface area contributed by atoms with Crippen LogP contribution in [0.3, 0.4) is 0 Å². The standard InChI is InChI=1S/C15H30N2O3S/c1-13(20-2)12-21(18,19)16-11-15-9-6-10-17(15)14-7-4-3-5-8-14/h13-16H,3-12H2,1-2H3/t13-,15-/m1/s1. The van der Waals surface area contributed by atoms with Gasteiger partial charge in [0.1, 0.15) is 0 Å². The molecule has 0 unspecified atom stereocenters. The van der Waals surface area contributed by atoms with E-state index in [4.69, 9.17) is 4.74 Å². The molecule has 21 heavy (non-hydrogen) atoms. The zero-order valence-corrected chi connectivity index (χ0v) is 14.2. The molecule has 0 aromatic carbocycles. The van der Waals surface area contributed by atoms with Gasteiger partial charge < -0.3 is 4.74 Å². The molecule has 1 heterocycles. The number of rotatable bonds is 7. The van der Waals surface area contributed by atoms with Gasteiger partial charge in [0, 0.05) is 25.7 Å². The topological polar surface area (TPSA) is 58.6 Å². The fourth-order valence-corrected chi connectivity index (χ4v) is 4.95. The molecule has 1 aliphatic heterocycles. The van der Waals surface area contributed by atoms with Crippen LogP contribution < -0.4 is 4.72 Å². The molecule has 2 atom stereocenters. The molecule has 5 nitrogen and oxygen atoms in total. The highest BCUT2D eigenvalue weighted by atomic mass is 32.2. The number of hydrogen-bond acceptors (Lipinski definition) is 4. The average Bonchev–Trinajstić information content (AvgIpc) is 2.94. The van der Waals surface area contributed by atoms with Gasteiger partial charge in [-0.25, -0.2) is 13.1 Å². The van der Waals surface area contributed by atoms with Gasteiger partial charge in [-0.15, -0.1) is 0 Å². The van der Waals surface area contributed by atoms with E-state index in [2.05, 4.69) is 9.62 Å². The average molecular weight is 318 g/mol. The second kappa shape index (κ2) is 7.90. The predicted molar refractivity (Wildman–Crippen MR) is 84.9 cm³/mol. The van der Waals surface area contributed by atoms with Crippen LogP contribution in [-0.4, -0.2) is 57.5 Å². The lowest BCUT2D eigenvalue weighted by molar-refractivity contribution is 0.135. The molecule has 0 amide bonds. The third-order valence-electron chi connectivity index (χ3n) is 4.86. The van der Waals surface area contributed by atoms with E-state index in [1.54, 1.807) is 14.0 Å². The fraction of sp³-hybridized carbons (Fsp3) is 1.00. The van der Waals surface area contributed by atoms with Crippen molar-refractivity contribution in [2.24, 2.45) is 0 Å². The van der Waals surface area contributed by atoms with Crippen molar-refractivity contribution in [3.05, 3.63) is 0 Å². The smallest absolute Gasteiger partial charge is 0.214 e. The first-order chi connectivity index (χ1) is 10.0. The molecule has 2 rings (SSSR count). The number of ether oxygens (including phenoxy) is 1. The van der Waals surface area contributed by atoms with Crippen LogP contribution >= 0.6 is 0 Å². The van der Waals surface area contributed by atoms with Crippen molar-refractivity contribution in [3.8, 4) is 0 Å². The maximum Gasteiger partial charge on any atom is 0.214 e. The zero-order valence-electron chi connectivity index (χ0n) is 13.4. The number of methoxy groups -OCH3 is 1. The maximum absolute atomic E-state index is 12.0. The van der Waals surface area contributed by atoms with Crippen molar-refractivity contribution >= 4 is 10.0 Å². The summed E-state index contributed by atoms with van der Waals surface area (Å²) in [7, 11) is -1.69. The SMILES string of the molecule is CO[C@H](C)CS(=O)(=O)NC[C@H]1CCCN1C1CCCCC1. The second-order valence-electron chi connectivity index (χ2n) is 6.50. The summed E-state index contributed by atoms with van der Waals surface area (Å²) in [4.78, 5) is 2.56. The van der Waals surface area contributed by atoms with Gasteiger partial charge in [-0.1, -0.05) is 19.3 Å². The number of nitrogens with one attached hydrogen (secondary N) is 1. The van der Waals surface area contributed by atoms with Crippen LogP contribution in [0.25, 0.3) is 0 Å². The summed E-state index contributed by atoms with van der Waals surface area (Å²) in [6.07, 6.45) is 8.61. The lowest BCUT2D eigenvalue weighted by atomic mass is 9.94. The molecule has 0 aromatic rings. The van der Waals surface area contributed by atoms with Gasteiger partial charge in [0.2, 0.25) is 10.0 Å². The van der Waals surface area contributed by atoms with Crippen LogP contribution in [-0.2, 0) is 14.8 Å². The molecular formula is C15H30N2O3S. The minimum absolute atomic E-state index is 0.0413. The van der Waals surface area contributed by atoms with Crippen molar-refractivity contribution in [3.63, 3.8) is 0 Å². The number of sulfonamides is 1. The Hall–Kier alpha value is -0.170. The van der Waals surface area contributed by atoms with Gasteiger partial charge in [-0.3, -0.25) is 4.90 Å². The molecule has 2 fully saturated rings. The highest BCUT2D eigenvalue weighted by Gasteiger charge is 2.32.